The van der Waals surface area contributed by atoms with Gasteiger partial charge in [0.2, 0.25) is 5.76 Å². The number of thiophene rings is 1. The third kappa shape index (κ3) is 2.73. The molecule has 2 N–H and O–H groups in total. The van der Waals surface area contributed by atoms with Crippen LogP contribution in [0.2, 0.25) is 0 Å². The second kappa shape index (κ2) is 4.84. The van der Waals surface area contributed by atoms with Crippen LogP contribution in [0.1, 0.15) is 26.7 Å². The highest BCUT2D eigenvalue weighted by Crippen LogP contribution is 2.09. The molecule has 2 heterocycles. The number of nitrogens with one attached hydrogen (secondary N) is 1. The smallest absolute Gasteiger partial charge is 0.371 e. The molecular weight excluding hydrogens is 242 g/mol. The van der Waals surface area contributed by atoms with Gasteiger partial charge in [-0.1, -0.05) is 0 Å². The molecule has 0 aliphatic heterocycles. The average molecular weight is 251 g/mol. The molecule has 0 bridgehead atoms. The first-order chi connectivity index (χ1) is 8.16. The lowest BCUT2D eigenvalue weighted by atomic mass is 10.3. The number of hydrogen-bond acceptors (Lipinski definition) is 4. The van der Waals surface area contributed by atoms with E-state index < -0.39 is 5.97 Å². The first-order valence-electron chi connectivity index (χ1n) is 4.79. The van der Waals surface area contributed by atoms with E-state index in [2.05, 4.69) is 5.32 Å². The Balaban J connectivity index is 1.93. The van der Waals surface area contributed by atoms with E-state index in [0.29, 0.717) is 11.3 Å². The number of aromatic carboxylic acids is 1. The topological polar surface area (TPSA) is 79.5 Å². The van der Waals surface area contributed by atoms with E-state index in [9.17, 15) is 9.59 Å². The maximum atomic E-state index is 11.6. The molecule has 0 aliphatic carbocycles. The minimum atomic E-state index is -1.12. The third-order valence-electron chi connectivity index (χ3n) is 2.08. The molecular formula is C11H9NO4S. The van der Waals surface area contributed by atoms with Crippen LogP contribution in [0.5, 0.6) is 0 Å². The van der Waals surface area contributed by atoms with Crippen LogP contribution in [-0.4, -0.2) is 17.0 Å². The molecule has 0 saturated carbocycles. The van der Waals surface area contributed by atoms with Gasteiger partial charge < -0.3 is 14.8 Å². The van der Waals surface area contributed by atoms with E-state index in [-0.39, 0.29) is 18.2 Å². The van der Waals surface area contributed by atoms with E-state index >= 15 is 0 Å². The molecule has 0 aromatic carbocycles. The Hall–Kier alpha value is -2.08. The number of rotatable bonds is 4. The SMILES string of the molecule is O=C(NCc1ccc(C(=O)O)o1)c1ccsc1. The third-order valence-corrected chi connectivity index (χ3v) is 2.76. The van der Waals surface area contributed by atoms with Crippen molar-refractivity contribution in [2.45, 2.75) is 6.54 Å². The molecule has 0 saturated heterocycles. The molecule has 1 amide bonds. The Bertz CT molecular complexity index is 529. The van der Waals surface area contributed by atoms with Gasteiger partial charge in [0.1, 0.15) is 5.76 Å². The highest BCUT2D eigenvalue weighted by atomic mass is 32.1. The van der Waals surface area contributed by atoms with Crippen molar-refractivity contribution in [2.75, 3.05) is 0 Å². The van der Waals surface area contributed by atoms with Crippen LogP contribution < -0.4 is 5.32 Å². The molecule has 0 radical (unpaired) electrons. The second-order valence-electron chi connectivity index (χ2n) is 3.27. The minimum Gasteiger partial charge on any atom is -0.475 e. The van der Waals surface area contributed by atoms with Crippen LogP contribution in [-0.2, 0) is 6.54 Å². The van der Waals surface area contributed by atoms with Gasteiger partial charge in [-0.05, 0) is 23.6 Å². The number of carboxylic acid groups (broad SMARTS) is 1. The molecule has 2 rings (SSSR count). The maximum Gasteiger partial charge on any atom is 0.371 e. The molecule has 2 aromatic rings. The average Bonchev–Trinajstić information content (AvgIpc) is 2.97. The summed E-state index contributed by atoms with van der Waals surface area (Å²) in [5.74, 6) is -1.06. The molecule has 17 heavy (non-hydrogen) atoms. The summed E-state index contributed by atoms with van der Waals surface area (Å²) >= 11 is 1.44. The van der Waals surface area contributed by atoms with Crippen molar-refractivity contribution in [3.63, 3.8) is 0 Å². The van der Waals surface area contributed by atoms with Crippen molar-refractivity contribution in [1.29, 1.82) is 0 Å². The fourth-order valence-electron chi connectivity index (χ4n) is 1.25. The first-order valence-corrected chi connectivity index (χ1v) is 5.73. The van der Waals surface area contributed by atoms with Crippen molar-refractivity contribution in [2.24, 2.45) is 0 Å². The fraction of sp³-hybridized carbons (Fsp3) is 0.0909. The van der Waals surface area contributed by atoms with Crippen molar-refractivity contribution in [3.05, 3.63) is 46.0 Å². The minimum absolute atomic E-state index is 0.134. The fourth-order valence-corrected chi connectivity index (χ4v) is 1.89. The standard InChI is InChI=1S/C11H9NO4S/c13-10(7-3-4-17-6-7)12-5-8-1-2-9(16-8)11(14)15/h1-4,6H,5H2,(H,12,13)(H,14,15). The summed E-state index contributed by atoms with van der Waals surface area (Å²) in [6.45, 7) is 0.169. The van der Waals surface area contributed by atoms with E-state index in [0.717, 1.165) is 0 Å². The molecule has 6 heteroatoms. The van der Waals surface area contributed by atoms with Gasteiger partial charge in [0.15, 0.2) is 0 Å². The van der Waals surface area contributed by atoms with Crippen molar-refractivity contribution >= 4 is 23.2 Å². The zero-order valence-electron chi connectivity index (χ0n) is 8.67. The van der Waals surface area contributed by atoms with Crippen LogP contribution in [0, 0.1) is 0 Å². The Morgan fingerprint density at radius 3 is 2.76 bits per heavy atom. The Labute approximate surface area is 101 Å². The summed E-state index contributed by atoms with van der Waals surface area (Å²) in [7, 11) is 0. The van der Waals surface area contributed by atoms with Crippen molar-refractivity contribution in [3.8, 4) is 0 Å². The normalized spacial score (nSPS) is 10.1. The molecule has 0 spiro atoms. The number of carbonyl (C=O) groups is 2. The van der Waals surface area contributed by atoms with Gasteiger partial charge in [0, 0.05) is 10.9 Å². The quantitative estimate of drug-likeness (QED) is 0.870. The van der Waals surface area contributed by atoms with Crippen LogP contribution in [0.3, 0.4) is 0 Å². The predicted molar refractivity (Wildman–Crippen MR) is 61.2 cm³/mol. The number of furan rings is 1. The first kappa shape index (κ1) is 11.4. The Morgan fingerprint density at radius 1 is 1.35 bits per heavy atom. The number of carbonyl (C=O) groups excluding carboxylic acids is 1. The number of amides is 1. The summed E-state index contributed by atoms with van der Waals surface area (Å²) in [5.41, 5.74) is 0.583. The lowest BCUT2D eigenvalue weighted by Crippen LogP contribution is -2.21. The molecule has 0 unspecified atom stereocenters. The van der Waals surface area contributed by atoms with E-state index in [1.807, 2.05) is 5.38 Å². The maximum absolute atomic E-state index is 11.6. The largest absolute Gasteiger partial charge is 0.475 e. The van der Waals surface area contributed by atoms with Crippen LogP contribution in [0.4, 0.5) is 0 Å². The van der Waals surface area contributed by atoms with Gasteiger partial charge in [-0.3, -0.25) is 4.79 Å². The highest BCUT2D eigenvalue weighted by Gasteiger charge is 2.10. The summed E-state index contributed by atoms with van der Waals surface area (Å²) in [6.07, 6.45) is 0. The van der Waals surface area contributed by atoms with Gasteiger partial charge in [-0.15, -0.1) is 0 Å². The molecule has 0 fully saturated rings. The van der Waals surface area contributed by atoms with Gasteiger partial charge in [-0.25, -0.2) is 4.79 Å². The second-order valence-corrected chi connectivity index (χ2v) is 4.05. The van der Waals surface area contributed by atoms with E-state index in [1.165, 1.54) is 23.5 Å². The summed E-state index contributed by atoms with van der Waals surface area (Å²) in [4.78, 5) is 22.1. The summed E-state index contributed by atoms with van der Waals surface area (Å²) < 4.78 is 5.00. The summed E-state index contributed by atoms with van der Waals surface area (Å²) in [5, 5.41) is 14.8. The lowest BCUT2D eigenvalue weighted by molar-refractivity contribution is 0.0660. The van der Waals surface area contributed by atoms with Gasteiger partial charge in [0.05, 0.1) is 6.54 Å². The van der Waals surface area contributed by atoms with Gasteiger partial charge in [0.25, 0.3) is 5.91 Å². The summed E-state index contributed by atoms with van der Waals surface area (Å²) in [6, 6.07) is 4.59. The van der Waals surface area contributed by atoms with E-state index in [1.54, 1.807) is 11.4 Å². The highest BCUT2D eigenvalue weighted by molar-refractivity contribution is 7.08. The van der Waals surface area contributed by atoms with Crippen LogP contribution in [0.15, 0.2) is 33.4 Å². The Kier molecular flexibility index (Phi) is 3.24. The molecule has 5 nitrogen and oxygen atoms in total. The molecule has 2 aromatic heterocycles. The van der Waals surface area contributed by atoms with Crippen LogP contribution >= 0.6 is 11.3 Å². The van der Waals surface area contributed by atoms with E-state index in [4.69, 9.17) is 9.52 Å². The molecule has 88 valence electrons. The van der Waals surface area contributed by atoms with Crippen molar-refractivity contribution < 1.29 is 19.1 Å². The lowest BCUT2D eigenvalue weighted by Gasteiger charge is -2.00. The zero-order valence-corrected chi connectivity index (χ0v) is 9.49. The molecule has 0 aliphatic rings. The van der Waals surface area contributed by atoms with Crippen LogP contribution in [0.25, 0.3) is 0 Å². The zero-order chi connectivity index (χ0) is 12.3. The number of carboxylic acids is 1. The molecule has 0 atom stereocenters. The van der Waals surface area contributed by atoms with Gasteiger partial charge in [-0.2, -0.15) is 11.3 Å². The Morgan fingerprint density at radius 2 is 2.18 bits per heavy atom. The monoisotopic (exact) mass is 251 g/mol. The van der Waals surface area contributed by atoms with Crippen molar-refractivity contribution in [1.82, 2.24) is 5.32 Å². The van der Waals surface area contributed by atoms with Gasteiger partial charge >= 0.3 is 5.97 Å². The number of hydrogen-bond donors (Lipinski definition) is 2. The predicted octanol–water partition coefficient (Wildman–Crippen LogP) is 1.97.